The summed E-state index contributed by atoms with van der Waals surface area (Å²) in [5.41, 5.74) is 4.78. The van der Waals surface area contributed by atoms with Crippen molar-refractivity contribution in [2.45, 2.75) is 38.5 Å². The van der Waals surface area contributed by atoms with Crippen molar-refractivity contribution in [3.63, 3.8) is 0 Å². The Balaban J connectivity index is 2.12. The van der Waals surface area contributed by atoms with Crippen molar-refractivity contribution in [3.05, 3.63) is 51.6 Å². The van der Waals surface area contributed by atoms with Gasteiger partial charge in [0.2, 0.25) is 10.0 Å². The molecule has 1 saturated heterocycles. The number of anilines is 1. The van der Waals surface area contributed by atoms with E-state index in [0.29, 0.717) is 13.2 Å². The lowest BCUT2D eigenvalue weighted by Gasteiger charge is -2.26. The van der Waals surface area contributed by atoms with Gasteiger partial charge in [-0.2, -0.15) is 9.41 Å². The van der Waals surface area contributed by atoms with Crippen LogP contribution in [0, 0.1) is 10.1 Å². The van der Waals surface area contributed by atoms with Gasteiger partial charge in [-0.15, -0.1) is 0 Å². The van der Waals surface area contributed by atoms with Gasteiger partial charge in [0.15, 0.2) is 0 Å². The number of nitrogens with one attached hydrogen (secondary N) is 1. The van der Waals surface area contributed by atoms with Crippen LogP contribution in [-0.4, -0.2) is 50.2 Å². The lowest BCUT2D eigenvalue weighted by atomic mass is 10.1. The summed E-state index contributed by atoms with van der Waals surface area (Å²) in [6, 6.07) is 3.76. The van der Waals surface area contributed by atoms with Crippen LogP contribution >= 0.6 is 0 Å². The lowest BCUT2D eigenvalue weighted by Crippen LogP contribution is -2.40. The number of sulfonamides is 1. The van der Waals surface area contributed by atoms with Gasteiger partial charge in [0, 0.05) is 25.4 Å². The maximum Gasteiger partial charge on any atom is 0.295 e. The molecular weight excluding hydrogens is 408 g/mol. The first-order chi connectivity index (χ1) is 14.2. The molecule has 0 spiro atoms. The van der Waals surface area contributed by atoms with Crippen LogP contribution in [0.5, 0.6) is 0 Å². The van der Waals surface area contributed by atoms with E-state index in [1.165, 1.54) is 28.2 Å². The number of hydrogen-bond acceptors (Lipinski definition) is 7. The van der Waals surface area contributed by atoms with Crippen molar-refractivity contribution in [1.29, 1.82) is 0 Å². The van der Waals surface area contributed by atoms with E-state index in [4.69, 9.17) is 4.74 Å². The first-order valence-electron chi connectivity index (χ1n) is 9.66. The molecule has 0 atom stereocenters. The number of hydrogen-bond donors (Lipinski definition) is 1. The summed E-state index contributed by atoms with van der Waals surface area (Å²) in [6.07, 6.45) is 7.35. The van der Waals surface area contributed by atoms with Gasteiger partial charge in [0.25, 0.3) is 5.69 Å². The van der Waals surface area contributed by atoms with Gasteiger partial charge in [-0.3, -0.25) is 15.5 Å². The summed E-state index contributed by atoms with van der Waals surface area (Å²) in [6.45, 7) is 7.13. The number of allylic oxidation sites excluding steroid dienone is 4. The number of nitro groups is 1. The number of ether oxygens (including phenoxy) is 1. The normalized spacial score (nSPS) is 15.9. The van der Waals surface area contributed by atoms with E-state index in [-0.39, 0.29) is 29.4 Å². The molecule has 0 aliphatic carbocycles. The highest BCUT2D eigenvalue weighted by Crippen LogP contribution is 2.29. The Kier molecular flexibility index (Phi) is 8.70. The minimum atomic E-state index is -3.82. The average molecular weight is 437 g/mol. The molecule has 1 aromatic rings. The molecule has 0 amide bonds. The molecule has 0 radical (unpaired) electrons. The van der Waals surface area contributed by atoms with Crippen molar-refractivity contribution in [1.82, 2.24) is 4.31 Å². The fourth-order valence-corrected chi connectivity index (χ4v) is 4.23. The predicted octanol–water partition coefficient (Wildman–Crippen LogP) is 3.71. The third-order valence-corrected chi connectivity index (χ3v) is 6.38. The van der Waals surface area contributed by atoms with Crippen LogP contribution in [0.4, 0.5) is 11.4 Å². The van der Waals surface area contributed by atoms with Crippen molar-refractivity contribution >= 4 is 27.6 Å². The monoisotopic (exact) mass is 436 g/mol. The van der Waals surface area contributed by atoms with Gasteiger partial charge >= 0.3 is 0 Å². The summed E-state index contributed by atoms with van der Waals surface area (Å²) in [7, 11) is -3.82. The fraction of sp³-hybridized carbons (Fsp3) is 0.450. The molecule has 1 N–H and O–H groups in total. The van der Waals surface area contributed by atoms with E-state index in [1.807, 2.05) is 13.0 Å². The van der Waals surface area contributed by atoms with Crippen LogP contribution in [0.3, 0.4) is 0 Å². The third kappa shape index (κ3) is 6.75. The summed E-state index contributed by atoms with van der Waals surface area (Å²) < 4.78 is 31.9. The van der Waals surface area contributed by atoms with Gasteiger partial charge in [-0.05, 0) is 51.8 Å². The maximum atomic E-state index is 12.7. The van der Waals surface area contributed by atoms with E-state index in [1.54, 1.807) is 0 Å². The molecular formula is C20H28N4O5S. The van der Waals surface area contributed by atoms with Crippen LogP contribution in [0.25, 0.3) is 0 Å². The zero-order chi connectivity index (χ0) is 22.1. The zero-order valence-corrected chi connectivity index (χ0v) is 18.3. The Morgan fingerprint density at radius 3 is 2.63 bits per heavy atom. The van der Waals surface area contributed by atoms with Gasteiger partial charge < -0.3 is 4.74 Å². The summed E-state index contributed by atoms with van der Waals surface area (Å²) in [4.78, 5) is 10.7. The summed E-state index contributed by atoms with van der Waals surface area (Å²) >= 11 is 0. The molecule has 9 nitrogen and oxygen atoms in total. The first-order valence-corrected chi connectivity index (χ1v) is 11.1. The quantitative estimate of drug-likeness (QED) is 0.273. The molecule has 1 fully saturated rings. The van der Waals surface area contributed by atoms with Gasteiger partial charge in [0.1, 0.15) is 5.69 Å². The van der Waals surface area contributed by atoms with Gasteiger partial charge in [-0.25, -0.2) is 8.42 Å². The number of morpholine rings is 1. The van der Waals surface area contributed by atoms with Crippen molar-refractivity contribution in [2.75, 3.05) is 31.7 Å². The molecule has 1 aliphatic rings. The Morgan fingerprint density at radius 1 is 1.30 bits per heavy atom. The van der Waals surface area contributed by atoms with Gasteiger partial charge in [0.05, 0.1) is 23.0 Å². The fourth-order valence-electron chi connectivity index (χ4n) is 2.80. The van der Waals surface area contributed by atoms with E-state index >= 15 is 0 Å². The topological polar surface area (TPSA) is 114 Å². The largest absolute Gasteiger partial charge is 0.379 e. The number of hydrazone groups is 1. The van der Waals surface area contributed by atoms with E-state index in [9.17, 15) is 18.5 Å². The van der Waals surface area contributed by atoms with E-state index in [2.05, 4.69) is 30.5 Å². The molecule has 0 aromatic heterocycles. The van der Waals surface area contributed by atoms with Gasteiger partial charge in [-0.1, -0.05) is 17.2 Å². The van der Waals surface area contributed by atoms with Crippen LogP contribution < -0.4 is 5.43 Å². The Hall–Kier alpha value is -2.56. The molecule has 164 valence electrons. The molecule has 10 heteroatoms. The summed E-state index contributed by atoms with van der Waals surface area (Å²) in [5.74, 6) is 0. The van der Waals surface area contributed by atoms with E-state index in [0.717, 1.165) is 24.5 Å². The van der Waals surface area contributed by atoms with Crippen LogP contribution in [0.15, 0.2) is 51.5 Å². The second-order valence-corrected chi connectivity index (χ2v) is 9.11. The van der Waals surface area contributed by atoms with Crippen molar-refractivity contribution < 1.29 is 18.1 Å². The van der Waals surface area contributed by atoms with E-state index < -0.39 is 14.9 Å². The molecule has 2 rings (SSSR count). The second kappa shape index (κ2) is 11.0. The Bertz CT molecular complexity index is 944. The molecule has 1 aliphatic heterocycles. The van der Waals surface area contributed by atoms with Crippen molar-refractivity contribution in [3.8, 4) is 0 Å². The third-order valence-electron chi connectivity index (χ3n) is 4.48. The zero-order valence-electron chi connectivity index (χ0n) is 17.5. The second-order valence-electron chi connectivity index (χ2n) is 7.18. The molecule has 30 heavy (non-hydrogen) atoms. The molecule has 1 heterocycles. The highest BCUT2D eigenvalue weighted by atomic mass is 32.2. The van der Waals surface area contributed by atoms with Crippen LogP contribution in [0.1, 0.15) is 33.6 Å². The minimum absolute atomic E-state index is 0.118. The molecule has 0 saturated carbocycles. The Labute approximate surface area is 177 Å². The maximum absolute atomic E-state index is 12.7. The molecule has 0 unspecified atom stereocenters. The average Bonchev–Trinajstić information content (AvgIpc) is 2.71. The first kappa shape index (κ1) is 23.7. The number of benzene rings is 1. The molecule has 1 aromatic carbocycles. The standard InChI is InChI=1S/C20H28N4O5S/c1-16(2)5-4-6-17(3)9-10-21-22-19-8-7-18(15-20(19)24(25)26)30(27,28)23-11-13-29-14-12-23/h5,7-10,15,22H,4,6,11-14H2,1-3H3/b17-9+,21-10+. The predicted molar refractivity (Wildman–Crippen MR) is 117 cm³/mol. The van der Waals surface area contributed by atoms with Crippen LogP contribution in [-0.2, 0) is 14.8 Å². The summed E-state index contributed by atoms with van der Waals surface area (Å²) in [5, 5.41) is 15.5. The molecule has 0 bridgehead atoms. The minimum Gasteiger partial charge on any atom is -0.379 e. The highest BCUT2D eigenvalue weighted by molar-refractivity contribution is 7.89. The number of nitrogens with zero attached hydrogens (tertiary/aromatic N) is 3. The number of rotatable bonds is 9. The van der Waals surface area contributed by atoms with Crippen molar-refractivity contribution in [2.24, 2.45) is 5.10 Å². The Morgan fingerprint density at radius 2 is 2.00 bits per heavy atom. The number of nitro benzene ring substituents is 1. The smallest absolute Gasteiger partial charge is 0.295 e. The van der Waals surface area contributed by atoms with Crippen LogP contribution in [0.2, 0.25) is 0 Å². The SMILES string of the molecule is CC(C)=CCC/C(C)=C/C=N/Nc1ccc(S(=O)(=O)N2CCOCC2)cc1[N+](=O)[O-]. The lowest BCUT2D eigenvalue weighted by molar-refractivity contribution is -0.384. The highest BCUT2D eigenvalue weighted by Gasteiger charge is 2.28.